The Hall–Kier alpha value is -2.88. The fourth-order valence-corrected chi connectivity index (χ4v) is 2.57. The minimum absolute atomic E-state index is 0.110. The largest absolute Gasteiger partial charge is 0.297 e. The highest BCUT2D eigenvalue weighted by molar-refractivity contribution is 5.83. The maximum absolute atomic E-state index is 12.7. The summed E-state index contributed by atoms with van der Waals surface area (Å²) in [5.41, 5.74) is 4.18. The second-order valence-corrected chi connectivity index (χ2v) is 5.52. The molecule has 1 aromatic heterocycles. The van der Waals surface area contributed by atoms with E-state index < -0.39 is 0 Å². The molecule has 4 nitrogen and oxygen atoms in total. The van der Waals surface area contributed by atoms with Crippen LogP contribution in [-0.2, 0) is 7.05 Å². The van der Waals surface area contributed by atoms with Crippen molar-refractivity contribution in [1.29, 1.82) is 0 Å². The van der Waals surface area contributed by atoms with Crippen molar-refractivity contribution < 1.29 is 0 Å². The number of aromatic nitrogens is 2. The summed E-state index contributed by atoms with van der Waals surface area (Å²) in [5, 5.41) is 0. The van der Waals surface area contributed by atoms with E-state index in [9.17, 15) is 4.79 Å². The number of benzene rings is 2. The SMILES string of the molecule is Cc1ccccc1C=Nc1c(C)n(C)n(-c2ccccc2)c1=O. The molecule has 3 rings (SSSR count). The molecule has 0 saturated heterocycles. The van der Waals surface area contributed by atoms with Crippen molar-refractivity contribution in [3.05, 3.63) is 81.8 Å². The van der Waals surface area contributed by atoms with Crippen LogP contribution in [0, 0.1) is 13.8 Å². The fraction of sp³-hybridized carbons (Fsp3) is 0.158. The first-order valence-electron chi connectivity index (χ1n) is 7.53. The van der Waals surface area contributed by atoms with Crippen LogP contribution >= 0.6 is 0 Å². The van der Waals surface area contributed by atoms with Crippen LogP contribution in [0.15, 0.2) is 64.4 Å². The Balaban J connectivity index is 2.09. The zero-order valence-corrected chi connectivity index (χ0v) is 13.5. The Morgan fingerprint density at radius 2 is 1.61 bits per heavy atom. The predicted molar refractivity (Wildman–Crippen MR) is 94.2 cm³/mol. The molecule has 0 fully saturated rings. The topological polar surface area (TPSA) is 39.3 Å². The van der Waals surface area contributed by atoms with Crippen molar-refractivity contribution in [2.45, 2.75) is 13.8 Å². The summed E-state index contributed by atoms with van der Waals surface area (Å²) in [6, 6.07) is 17.6. The van der Waals surface area contributed by atoms with Crippen molar-refractivity contribution >= 4 is 11.9 Å². The van der Waals surface area contributed by atoms with Gasteiger partial charge in [-0.05, 0) is 37.1 Å². The maximum Gasteiger partial charge on any atom is 0.297 e. The zero-order chi connectivity index (χ0) is 16.4. The second-order valence-electron chi connectivity index (χ2n) is 5.52. The minimum atomic E-state index is -0.110. The van der Waals surface area contributed by atoms with Gasteiger partial charge >= 0.3 is 0 Å². The molecule has 0 bridgehead atoms. The molecule has 0 aliphatic rings. The van der Waals surface area contributed by atoms with Crippen LogP contribution in [0.1, 0.15) is 16.8 Å². The average molecular weight is 305 g/mol. The highest BCUT2D eigenvalue weighted by Crippen LogP contribution is 2.17. The number of aliphatic imine (C=N–C) groups is 1. The normalized spacial score (nSPS) is 11.3. The van der Waals surface area contributed by atoms with Gasteiger partial charge in [-0.25, -0.2) is 9.67 Å². The Labute approximate surface area is 135 Å². The number of rotatable bonds is 3. The summed E-state index contributed by atoms with van der Waals surface area (Å²) in [6.07, 6.45) is 1.76. The molecule has 23 heavy (non-hydrogen) atoms. The van der Waals surface area contributed by atoms with Gasteiger partial charge in [0.25, 0.3) is 5.56 Å². The Bertz CT molecular complexity index is 918. The molecule has 0 amide bonds. The summed E-state index contributed by atoms with van der Waals surface area (Å²) >= 11 is 0. The molecular formula is C19H19N3O. The molecule has 0 N–H and O–H groups in total. The fourth-order valence-electron chi connectivity index (χ4n) is 2.57. The van der Waals surface area contributed by atoms with E-state index in [0.717, 1.165) is 22.5 Å². The van der Waals surface area contributed by atoms with Crippen LogP contribution < -0.4 is 5.56 Å². The molecule has 0 radical (unpaired) electrons. The van der Waals surface area contributed by atoms with Crippen LogP contribution in [0.3, 0.4) is 0 Å². The van der Waals surface area contributed by atoms with Gasteiger partial charge in [-0.1, -0.05) is 42.5 Å². The smallest absolute Gasteiger partial charge is 0.283 e. The van der Waals surface area contributed by atoms with Gasteiger partial charge in [-0.15, -0.1) is 0 Å². The van der Waals surface area contributed by atoms with E-state index >= 15 is 0 Å². The summed E-state index contributed by atoms with van der Waals surface area (Å²) in [5.74, 6) is 0. The number of para-hydroxylation sites is 1. The summed E-state index contributed by atoms with van der Waals surface area (Å²) in [4.78, 5) is 17.2. The third-order valence-corrected chi connectivity index (χ3v) is 4.05. The van der Waals surface area contributed by atoms with Crippen LogP contribution in [0.25, 0.3) is 5.69 Å². The average Bonchev–Trinajstić information content (AvgIpc) is 2.78. The lowest BCUT2D eigenvalue weighted by Gasteiger charge is -2.07. The minimum Gasteiger partial charge on any atom is -0.283 e. The Morgan fingerprint density at radius 1 is 0.957 bits per heavy atom. The van der Waals surface area contributed by atoms with E-state index in [1.165, 1.54) is 0 Å². The highest BCUT2D eigenvalue weighted by atomic mass is 16.1. The first-order valence-corrected chi connectivity index (χ1v) is 7.53. The van der Waals surface area contributed by atoms with Crippen LogP contribution in [0.2, 0.25) is 0 Å². The van der Waals surface area contributed by atoms with Gasteiger partial charge in [0.05, 0.1) is 11.4 Å². The summed E-state index contributed by atoms with van der Waals surface area (Å²) in [6.45, 7) is 3.94. The molecule has 0 aliphatic heterocycles. The molecule has 0 atom stereocenters. The molecule has 0 saturated carbocycles. The Morgan fingerprint density at radius 3 is 2.30 bits per heavy atom. The van der Waals surface area contributed by atoms with E-state index in [2.05, 4.69) is 4.99 Å². The van der Waals surface area contributed by atoms with Crippen molar-refractivity contribution in [1.82, 2.24) is 9.36 Å². The van der Waals surface area contributed by atoms with Crippen molar-refractivity contribution in [3.8, 4) is 5.69 Å². The number of nitrogens with zero attached hydrogens (tertiary/aromatic N) is 3. The van der Waals surface area contributed by atoms with Crippen molar-refractivity contribution in [2.75, 3.05) is 0 Å². The monoisotopic (exact) mass is 305 g/mol. The molecule has 116 valence electrons. The summed E-state index contributed by atoms with van der Waals surface area (Å²) < 4.78 is 3.47. The first-order chi connectivity index (χ1) is 11.1. The highest BCUT2D eigenvalue weighted by Gasteiger charge is 2.14. The van der Waals surface area contributed by atoms with Gasteiger partial charge in [0.2, 0.25) is 0 Å². The van der Waals surface area contributed by atoms with Gasteiger partial charge in [-0.2, -0.15) is 0 Å². The van der Waals surface area contributed by atoms with E-state index in [1.807, 2.05) is 80.2 Å². The molecule has 1 heterocycles. The van der Waals surface area contributed by atoms with Gasteiger partial charge in [0.15, 0.2) is 5.69 Å². The number of hydrogen-bond acceptors (Lipinski definition) is 2. The number of hydrogen-bond donors (Lipinski definition) is 0. The van der Waals surface area contributed by atoms with Gasteiger partial charge in [0.1, 0.15) is 0 Å². The molecule has 4 heteroatoms. The quantitative estimate of drug-likeness (QED) is 0.682. The molecule has 2 aromatic carbocycles. The van der Waals surface area contributed by atoms with Gasteiger partial charge < -0.3 is 0 Å². The van der Waals surface area contributed by atoms with E-state index in [1.54, 1.807) is 10.9 Å². The van der Waals surface area contributed by atoms with Crippen molar-refractivity contribution in [2.24, 2.45) is 12.0 Å². The van der Waals surface area contributed by atoms with Gasteiger partial charge in [-0.3, -0.25) is 9.48 Å². The molecule has 0 aliphatic carbocycles. The molecular weight excluding hydrogens is 286 g/mol. The van der Waals surface area contributed by atoms with E-state index in [4.69, 9.17) is 0 Å². The first kappa shape index (κ1) is 15.0. The zero-order valence-electron chi connectivity index (χ0n) is 13.5. The second kappa shape index (κ2) is 6.08. The molecule has 3 aromatic rings. The number of aryl methyl sites for hydroxylation is 1. The summed E-state index contributed by atoms with van der Waals surface area (Å²) in [7, 11) is 1.87. The lowest BCUT2D eigenvalue weighted by molar-refractivity contribution is 0.630. The Kier molecular flexibility index (Phi) is 3.98. The third-order valence-electron chi connectivity index (χ3n) is 4.05. The molecule has 0 unspecified atom stereocenters. The molecule has 0 spiro atoms. The standard InChI is InChI=1S/C19H19N3O/c1-14-9-7-8-10-16(14)13-20-18-15(2)21(3)22(19(18)23)17-11-5-4-6-12-17/h4-13H,1-3H3. The third kappa shape index (κ3) is 2.75. The lowest BCUT2D eigenvalue weighted by atomic mass is 10.1. The van der Waals surface area contributed by atoms with Crippen LogP contribution in [0.4, 0.5) is 5.69 Å². The maximum atomic E-state index is 12.7. The lowest BCUT2D eigenvalue weighted by Crippen LogP contribution is -2.19. The van der Waals surface area contributed by atoms with Gasteiger partial charge in [0, 0.05) is 13.3 Å². The van der Waals surface area contributed by atoms with E-state index in [-0.39, 0.29) is 5.56 Å². The van der Waals surface area contributed by atoms with Crippen molar-refractivity contribution in [3.63, 3.8) is 0 Å². The van der Waals surface area contributed by atoms with Crippen LogP contribution in [-0.4, -0.2) is 15.6 Å². The predicted octanol–water partition coefficient (Wildman–Crippen LogP) is 3.54. The van der Waals surface area contributed by atoms with Crippen LogP contribution in [0.5, 0.6) is 0 Å². The van der Waals surface area contributed by atoms with E-state index in [0.29, 0.717) is 5.69 Å².